The summed E-state index contributed by atoms with van der Waals surface area (Å²) in [4.78, 5) is 2.20. The fourth-order valence-electron chi connectivity index (χ4n) is 2.28. The van der Waals surface area contributed by atoms with Crippen LogP contribution in [0.2, 0.25) is 0 Å². The Balaban J connectivity index is 1.89. The summed E-state index contributed by atoms with van der Waals surface area (Å²) in [6, 6.07) is 5.97. The Hall–Kier alpha value is -1.11. The number of phenolic OH excluding ortho intramolecular Hbond substituents is 1. The van der Waals surface area contributed by atoms with Gasteiger partial charge in [0.1, 0.15) is 10.6 Å². The molecule has 1 aromatic rings. The average molecular weight is 284 g/mol. The van der Waals surface area contributed by atoms with E-state index < -0.39 is 10.0 Å². The fourth-order valence-corrected chi connectivity index (χ4v) is 3.40. The van der Waals surface area contributed by atoms with Crippen LogP contribution in [0.4, 0.5) is 0 Å². The van der Waals surface area contributed by atoms with Gasteiger partial charge in [-0.25, -0.2) is 13.1 Å². The molecule has 1 fully saturated rings. The molecule has 1 heterocycles. The summed E-state index contributed by atoms with van der Waals surface area (Å²) < 4.78 is 26.5. The van der Waals surface area contributed by atoms with E-state index in [4.69, 9.17) is 0 Å². The summed E-state index contributed by atoms with van der Waals surface area (Å²) in [6.45, 7) is 3.17. The number of sulfonamides is 1. The Morgan fingerprint density at radius 3 is 2.53 bits per heavy atom. The molecule has 0 unspecified atom stereocenters. The quantitative estimate of drug-likeness (QED) is 0.851. The van der Waals surface area contributed by atoms with Crippen LogP contribution in [0.3, 0.4) is 0 Å². The minimum atomic E-state index is -3.62. The highest BCUT2D eigenvalue weighted by atomic mass is 32.2. The Morgan fingerprint density at radius 2 is 1.84 bits per heavy atom. The van der Waals surface area contributed by atoms with Crippen molar-refractivity contribution in [1.82, 2.24) is 9.62 Å². The largest absolute Gasteiger partial charge is 0.507 e. The fraction of sp³-hybridized carbons (Fsp3) is 0.538. The van der Waals surface area contributed by atoms with E-state index in [1.54, 1.807) is 12.1 Å². The number of benzene rings is 1. The van der Waals surface area contributed by atoms with Crippen LogP contribution in [0.25, 0.3) is 0 Å². The number of phenols is 1. The summed E-state index contributed by atoms with van der Waals surface area (Å²) in [5.74, 6) is -0.215. The van der Waals surface area contributed by atoms with E-state index >= 15 is 0 Å². The Bertz CT molecular complexity index is 510. The maximum atomic E-state index is 12.0. The molecule has 1 aliphatic heterocycles. The lowest BCUT2D eigenvalue weighted by molar-refractivity contribution is 0.232. The van der Waals surface area contributed by atoms with Gasteiger partial charge in [0.25, 0.3) is 0 Å². The number of nitrogens with zero attached hydrogens (tertiary/aromatic N) is 1. The number of para-hydroxylation sites is 1. The van der Waals surface area contributed by atoms with Crippen molar-refractivity contribution in [1.29, 1.82) is 0 Å². The minimum absolute atomic E-state index is 0.0614. The van der Waals surface area contributed by atoms with Crippen LogP contribution in [-0.4, -0.2) is 44.6 Å². The SMILES string of the molecule is O=S(=O)(NCCN1CCCCC1)c1ccccc1O. The van der Waals surface area contributed by atoms with Crippen LogP contribution in [-0.2, 0) is 10.0 Å². The van der Waals surface area contributed by atoms with Crippen LogP contribution < -0.4 is 4.72 Å². The number of hydrogen-bond acceptors (Lipinski definition) is 4. The molecule has 0 bridgehead atoms. The molecule has 1 aliphatic rings. The van der Waals surface area contributed by atoms with E-state index in [0.29, 0.717) is 13.1 Å². The molecular weight excluding hydrogens is 264 g/mol. The van der Waals surface area contributed by atoms with Gasteiger partial charge >= 0.3 is 0 Å². The Morgan fingerprint density at radius 1 is 1.16 bits per heavy atom. The first kappa shape index (κ1) is 14.3. The van der Waals surface area contributed by atoms with Gasteiger partial charge in [0.2, 0.25) is 10.0 Å². The summed E-state index contributed by atoms with van der Waals surface area (Å²) in [7, 11) is -3.62. The number of likely N-dealkylation sites (tertiary alicyclic amines) is 1. The third-order valence-corrected chi connectivity index (χ3v) is 4.83. The molecule has 19 heavy (non-hydrogen) atoms. The summed E-state index contributed by atoms with van der Waals surface area (Å²) >= 11 is 0. The molecule has 0 saturated carbocycles. The molecule has 0 atom stereocenters. The summed E-state index contributed by atoms with van der Waals surface area (Å²) in [5, 5.41) is 9.56. The number of hydrogen-bond donors (Lipinski definition) is 2. The highest BCUT2D eigenvalue weighted by Gasteiger charge is 2.18. The van der Waals surface area contributed by atoms with Crippen molar-refractivity contribution in [2.75, 3.05) is 26.2 Å². The van der Waals surface area contributed by atoms with E-state index in [2.05, 4.69) is 9.62 Å². The third-order valence-electron chi connectivity index (χ3n) is 3.32. The summed E-state index contributed by atoms with van der Waals surface area (Å²) in [6.07, 6.45) is 3.64. The number of rotatable bonds is 5. The predicted octanol–water partition coefficient (Wildman–Crippen LogP) is 1.16. The van der Waals surface area contributed by atoms with Gasteiger partial charge in [-0.2, -0.15) is 0 Å². The molecular formula is C13H20N2O3S. The van der Waals surface area contributed by atoms with Crippen LogP contribution in [0.5, 0.6) is 5.75 Å². The molecule has 6 heteroatoms. The molecule has 0 aliphatic carbocycles. The van der Waals surface area contributed by atoms with Crippen LogP contribution in [0.1, 0.15) is 19.3 Å². The van der Waals surface area contributed by atoms with Gasteiger partial charge in [-0.3, -0.25) is 0 Å². The molecule has 0 radical (unpaired) electrons. The van der Waals surface area contributed by atoms with Gasteiger partial charge in [0, 0.05) is 13.1 Å². The van der Waals surface area contributed by atoms with E-state index in [1.807, 2.05) is 0 Å². The molecule has 0 aromatic heterocycles. The van der Waals surface area contributed by atoms with Crippen molar-refractivity contribution in [3.8, 4) is 5.75 Å². The topological polar surface area (TPSA) is 69.6 Å². The van der Waals surface area contributed by atoms with Gasteiger partial charge < -0.3 is 10.0 Å². The number of nitrogens with one attached hydrogen (secondary N) is 1. The number of aromatic hydroxyl groups is 1. The lowest BCUT2D eigenvalue weighted by Gasteiger charge is -2.26. The van der Waals surface area contributed by atoms with Gasteiger partial charge in [-0.05, 0) is 38.1 Å². The normalized spacial score (nSPS) is 17.5. The van der Waals surface area contributed by atoms with Gasteiger partial charge in [-0.15, -0.1) is 0 Å². The second kappa shape index (κ2) is 6.36. The van der Waals surface area contributed by atoms with E-state index in [9.17, 15) is 13.5 Å². The highest BCUT2D eigenvalue weighted by Crippen LogP contribution is 2.20. The maximum absolute atomic E-state index is 12.0. The Kier molecular flexibility index (Phi) is 4.79. The second-order valence-corrected chi connectivity index (χ2v) is 6.50. The predicted molar refractivity (Wildman–Crippen MR) is 73.6 cm³/mol. The molecule has 1 saturated heterocycles. The lowest BCUT2D eigenvalue weighted by Crippen LogP contribution is -2.37. The van der Waals surface area contributed by atoms with Crippen molar-refractivity contribution >= 4 is 10.0 Å². The average Bonchev–Trinajstić information content (AvgIpc) is 2.40. The molecule has 2 rings (SSSR count). The molecule has 106 valence electrons. The smallest absolute Gasteiger partial charge is 0.244 e. The Labute approximate surface area is 114 Å². The summed E-state index contributed by atoms with van der Waals surface area (Å²) in [5.41, 5.74) is 0. The van der Waals surface area contributed by atoms with Crippen molar-refractivity contribution in [2.24, 2.45) is 0 Å². The van der Waals surface area contributed by atoms with Crippen LogP contribution >= 0.6 is 0 Å². The van der Waals surface area contributed by atoms with Crippen molar-refractivity contribution in [3.05, 3.63) is 24.3 Å². The van der Waals surface area contributed by atoms with Crippen molar-refractivity contribution < 1.29 is 13.5 Å². The third kappa shape index (κ3) is 3.92. The first-order valence-electron chi connectivity index (χ1n) is 6.59. The zero-order valence-corrected chi connectivity index (χ0v) is 11.7. The highest BCUT2D eigenvalue weighted by molar-refractivity contribution is 7.89. The van der Waals surface area contributed by atoms with Gasteiger partial charge in [-0.1, -0.05) is 18.6 Å². The molecule has 0 amide bonds. The molecule has 1 aromatic carbocycles. The minimum Gasteiger partial charge on any atom is -0.507 e. The van der Waals surface area contributed by atoms with E-state index in [-0.39, 0.29) is 10.6 Å². The second-order valence-electron chi connectivity index (χ2n) is 4.77. The zero-order chi connectivity index (χ0) is 13.7. The maximum Gasteiger partial charge on any atom is 0.244 e. The van der Waals surface area contributed by atoms with E-state index in [0.717, 1.165) is 13.1 Å². The molecule has 0 spiro atoms. The molecule has 2 N–H and O–H groups in total. The van der Waals surface area contributed by atoms with Crippen molar-refractivity contribution in [2.45, 2.75) is 24.2 Å². The van der Waals surface area contributed by atoms with Gasteiger partial charge in [0.15, 0.2) is 0 Å². The number of piperidine rings is 1. The first-order valence-corrected chi connectivity index (χ1v) is 8.08. The van der Waals surface area contributed by atoms with Crippen LogP contribution in [0, 0.1) is 0 Å². The lowest BCUT2D eigenvalue weighted by atomic mass is 10.1. The first-order chi connectivity index (χ1) is 9.09. The molecule has 5 nitrogen and oxygen atoms in total. The van der Waals surface area contributed by atoms with Crippen molar-refractivity contribution in [3.63, 3.8) is 0 Å². The van der Waals surface area contributed by atoms with Crippen LogP contribution in [0.15, 0.2) is 29.2 Å². The standard InChI is InChI=1S/C13H20N2O3S/c16-12-6-2-3-7-13(12)19(17,18)14-8-11-15-9-4-1-5-10-15/h2-3,6-7,14,16H,1,4-5,8-11H2. The van der Waals surface area contributed by atoms with Gasteiger partial charge in [0.05, 0.1) is 0 Å². The van der Waals surface area contributed by atoms with E-state index in [1.165, 1.54) is 31.4 Å². The monoisotopic (exact) mass is 284 g/mol. The zero-order valence-electron chi connectivity index (χ0n) is 10.9.